The number of aliphatic carboxylic acids is 1. The molecule has 17 heavy (non-hydrogen) atoms. The quantitative estimate of drug-likeness (QED) is 0.873. The second kappa shape index (κ2) is 4.63. The summed E-state index contributed by atoms with van der Waals surface area (Å²) in [5.41, 5.74) is -0.708. The third-order valence-corrected chi connectivity index (χ3v) is 3.39. The topological polar surface area (TPSA) is 49.3 Å². The molecule has 1 aliphatic rings. The monoisotopic (exact) mass is 257 g/mol. The summed E-state index contributed by atoms with van der Waals surface area (Å²) in [5, 5.41) is 12.6. The average molecular weight is 258 g/mol. The van der Waals surface area contributed by atoms with Crippen LogP contribution < -0.4 is 5.32 Å². The molecule has 2 N–H and O–H groups in total. The number of hydrogen-bond acceptors (Lipinski definition) is 2. The molecular weight excluding hydrogens is 245 g/mol. The summed E-state index contributed by atoms with van der Waals surface area (Å²) in [5.74, 6) is -1.35. The zero-order valence-corrected chi connectivity index (χ0v) is 9.93. The molecule has 0 saturated carbocycles. The number of nitrogens with one attached hydrogen (secondary N) is 1. The second-order valence-electron chi connectivity index (χ2n) is 4.33. The van der Waals surface area contributed by atoms with Crippen LogP contribution in [-0.2, 0) is 11.2 Å². The van der Waals surface area contributed by atoms with Crippen molar-refractivity contribution in [1.82, 2.24) is 5.32 Å². The smallest absolute Gasteiger partial charge is 0.324 e. The zero-order chi connectivity index (χ0) is 12.5. The van der Waals surface area contributed by atoms with Crippen molar-refractivity contribution in [3.63, 3.8) is 0 Å². The predicted octanol–water partition coefficient (Wildman–Crippen LogP) is 2.23. The lowest BCUT2D eigenvalue weighted by Crippen LogP contribution is -2.49. The second-order valence-corrected chi connectivity index (χ2v) is 4.77. The highest BCUT2D eigenvalue weighted by atomic mass is 35.5. The molecule has 5 heteroatoms. The summed E-state index contributed by atoms with van der Waals surface area (Å²) < 4.78 is 13.6. The molecule has 1 aromatic rings. The van der Waals surface area contributed by atoms with Gasteiger partial charge < -0.3 is 10.4 Å². The van der Waals surface area contributed by atoms with Crippen LogP contribution in [0.5, 0.6) is 0 Å². The van der Waals surface area contributed by atoms with Crippen molar-refractivity contribution in [2.24, 2.45) is 0 Å². The van der Waals surface area contributed by atoms with Gasteiger partial charge in [-0.2, -0.15) is 0 Å². The standard InChI is InChI=1S/C12H13ClFNO2/c13-9-2-3-10(14)8(6-9)7-12(11(16)17)4-1-5-15-12/h2-3,6,15H,1,4-5,7H2,(H,16,17). The maximum atomic E-state index is 13.6. The minimum atomic E-state index is -1.05. The lowest BCUT2D eigenvalue weighted by Gasteiger charge is -2.24. The summed E-state index contributed by atoms with van der Waals surface area (Å²) >= 11 is 5.79. The molecule has 0 aromatic heterocycles. The van der Waals surface area contributed by atoms with E-state index < -0.39 is 17.3 Å². The third kappa shape index (κ3) is 2.42. The van der Waals surface area contributed by atoms with Crippen molar-refractivity contribution in [2.75, 3.05) is 6.54 Å². The van der Waals surface area contributed by atoms with Crippen molar-refractivity contribution in [3.05, 3.63) is 34.6 Å². The van der Waals surface area contributed by atoms with Crippen LogP contribution in [0.25, 0.3) is 0 Å². The maximum absolute atomic E-state index is 13.6. The molecule has 0 spiro atoms. The van der Waals surface area contributed by atoms with E-state index in [9.17, 15) is 14.3 Å². The van der Waals surface area contributed by atoms with Crippen molar-refractivity contribution >= 4 is 17.6 Å². The Morgan fingerprint density at radius 2 is 2.35 bits per heavy atom. The summed E-state index contributed by atoms with van der Waals surface area (Å²) in [7, 11) is 0. The molecule has 0 aliphatic carbocycles. The normalized spacial score (nSPS) is 23.9. The van der Waals surface area contributed by atoms with Crippen LogP contribution in [0.4, 0.5) is 4.39 Å². The molecule has 1 atom stereocenters. The van der Waals surface area contributed by atoms with E-state index in [1.165, 1.54) is 18.2 Å². The molecule has 1 heterocycles. The van der Waals surface area contributed by atoms with Gasteiger partial charge in [-0.3, -0.25) is 4.79 Å². The largest absolute Gasteiger partial charge is 0.480 e. The van der Waals surface area contributed by atoms with Crippen LogP contribution in [0.1, 0.15) is 18.4 Å². The lowest BCUT2D eigenvalue weighted by atomic mass is 9.89. The summed E-state index contributed by atoms with van der Waals surface area (Å²) in [6.45, 7) is 0.647. The van der Waals surface area contributed by atoms with Gasteiger partial charge in [0.15, 0.2) is 0 Å². The maximum Gasteiger partial charge on any atom is 0.324 e. The van der Waals surface area contributed by atoms with Gasteiger partial charge in [-0.1, -0.05) is 11.6 Å². The first-order valence-corrected chi connectivity index (χ1v) is 5.84. The highest BCUT2D eigenvalue weighted by molar-refractivity contribution is 6.30. The number of carboxylic acids is 1. The molecule has 0 amide bonds. The van der Waals surface area contributed by atoms with Crippen molar-refractivity contribution in [1.29, 1.82) is 0 Å². The molecule has 0 bridgehead atoms. The molecule has 1 unspecified atom stereocenters. The van der Waals surface area contributed by atoms with E-state index in [2.05, 4.69) is 5.32 Å². The average Bonchev–Trinajstić information content (AvgIpc) is 2.73. The van der Waals surface area contributed by atoms with Gasteiger partial charge in [0.1, 0.15) is 11.4 Å². The number of rotatable bonds is 3. The minimum Gasteiger partial charge on any atom is -0.480 e. The van der Waals surface area contributed by atoms with Gasteiger partial charge in [0.05, 0.1) is 0 Å². The van der Waals surface area contributed by atoms with Crippen LogP contribution in [0.15, 0.2) is 18.2 Å². The van der Waals surface area contributed by atoms with Gasteiger partial charge in [0.2, 0.25) is 0 Å². The van der Waals surface area contributed by atoms with E-state index >= 15 is 0 Å². The summed E-state index contributed by atoms with van der Waals surface area (Å²) in [6, 6.07) is 4.21. The van der Waals surface area contributed by atoms with Crippen molar-refractivity contribution in [2.45, 2.75) is 24.8 Å². The zero-order valence-electron chi connectivity index (χ0n) is 9.17. The molecule has 0 radical (unpaired) electrons. The summed E-state index contributed by atoms with van der Waals surface area (Å²) in [6.07, 6.45) is 1.41. The summed E-state index contributed by atoms with van der Waals surface area (Å²) in [4.78, 5) is 11.3. The highest BCUT2D eigenvalue weighted by Gasteiger charge is 2.41. The molecule has 2 rings (SSSR count). The Morgan fingerprint density at radius 1 is 1.59 bits per heavy atom. The highest BCUT2D eigenvalue weighted by Crippen LogP contribution is 2.27. The number of hydrogen-bond donors (Lipinski definition) is 2. The van der Waals surface area contributed by atoms with E-state index in [4.69, 9.17) is 11.6 Å². The first-order chi connectivity index (χ1) is 8.03. The van der Waals surface area contributed by atoms with Crippen LogP contribution in [0.3, 0.4) is 0 Å². The first kappa shape index (κ1) is 12.3. The predicted molar refractivity (Wildman–Crippen MR) is 62.7 cm³/mol. The molecule has 3 nitrogen and oxygen atoms in total. The Bertz CT molecular complexity index is 444. The van der Waals surface area contributed by atoms with Gasteiger partial charge in [0, 0.05) is 11.4 Å². The van der Waals surface area contributed by atoms with E-state index in [0.29, 0.717) is 23.6 Å². The fraction of sp³-hybridized carbons (Fsp3) is 0.417. The number of halogens is 2. The fourth-order valence-electron chi connectivity index (χ4n) is 2.22. The van der Waals surface area contributed by atoms with Gasteiger partial charge >= 0.3 is 5.97 Å². The van der Waals surface area contributed by atoms with Gasteiger partial charge in [0.25, 0.3) is 0 Å². The molecule has 1 saturated heterocycles. The molecule has 1 aromatic carbocycles. The molecule has 92 valence electrons. The molecule has 1 aliphatic heterocycles. The molecule has 1 fully saturated rings. The third-order valence-electron chi connectivity index (χ3n) is 3.15. The van der Waals surface area contributed by atoms with Gasteiger partial charge in [-0.15, -0.1) is 0 Å². The van der Waals surface area contributed by atoms with Crippen LogP contribution >= 0.6 is 11.6 Å². The Hall–Kier alpha value is -1.13. The Kier molecular flexibility index (Phi) is 3.35. The van der Waals surface area contributed by atoms with Crippen LogP contribution in [0, 0.1) is 5.82 Å². The van der Waals surface area contributed by atoms with Crippen LogP contribution in [0.2, 0.25) is 5.02 Å². The number of carbonyl (C=O) groups is 1. The van der Waals surface area contributed by atoms with Crippen molar-refractivity contribution < 1.29 is 14.3 Å². The van der Waals surface area contributed by atoms with Crippen molar-refractivity contribution in [3.8, 4) is 0 Å². The van der Waals surface area contributed by atoms with Gasteiger partial charge in [-0.25, -0.2) is 4.39 Å². The van der Waals surface area contributed by atoms with E-state index in [0.717, 1.165) is 6.42 Å². The SMILES string of the molecule is O=C(O)C1(Cc2cc(Cl)ccc2F)CCCN1. The Morgan fingerprint density at radius 3 is 2.94 bits per heavy atom. The minimum absolute atomic E-state index is 0.120. The Balaban J connectivity index is 2.29. The van der Waals surface area contributed by atoms with Crippen LogP contribution in [-0.4, -0.2) is 23.2 Å². The lowest BCUT2D eigenvalue weighted by molar-refractivity contribution is -0.144. The number of carboxylic acid groups (broad SMARTS) is 1. The Labute approximate surface area is 104 Å². The van der Waals surface area contributed by atoms with Gasteiger partial charge in [-0.05, 0) is 43.1 Å². The number of benzene rings is 1. The molecular formula is C12H13ClFNO2. The van der Waals surface area contributed by atoms with E-state index in [1.807, 2.05) is 0 Å². The van der Waals surface area contributed by atoms with E-state index in [-0.39, 0.29) is 6.42 Å². The fourth-order valence-corrected chi connectivity index (χ4v) is 2.41. The van der Waals surface area contributed by atoms with E-state index in [1.54, 1.807) is 0 Å². The first-order valence-electron chi connectivity index (χ1n) is 5.46.